The van der Waals surface area contributed by atoms with E-state index in [4.69, 9.17) is 14.2 Å². The summed E-state index contributed by atoms with van der Waals surface area (Å²) in [6.45, 7) is 10.9. The molecular formula is C50H70O4P+. The lowest BCUT2D eigenvalue weighted by atomic mass is 9.47. The van der Waals surface area contributed by atoms with Crippen LogP contribution in [0.5, 0.6) is 0 Å². The number of ether oxygens (including phenoxy) is 3. The van der Waals surface area contributed by atoms with Crippen molar-refractivity contribution in [1.29, 1.82) is 0 Å². The second-order valence-corrected chi connectivity index (χ2v) is 24.1. The van der Waals surface area contributed by atoms with Crippen LogP contribution >= 0.6 is 7.26 Å². The van der Waals surface area contributed by atoms with E-state index >= 15 is 0 Å². The standard InChI is InChI=1S/C50H70O4P/c1-35-25-30-50(52-34-35)36(2)47-45(54-50)33-44-42-24-23-37-32-38(26-28-48(37,3)43(42)27-29-49(44,47)4)53-46(51)22-14-15-31-55(39-16-8-5-9-17-39,40-18-10-6-11-19-40)41-20-12-7-13-21-41/h5-6,8-11,16-19,23,35-36,38,41-45,47H,7,12-15,20-22,24-34H2,1-4H3/q+1/t35-,36+,38+,42-,43+,44+,45+,47+,48+,49+,50-/m1/s1. The zero-order valence-electron chi connectivity index (χ0n) is 34.6. The van der Waals surface area contributed by atoms with E-state index < -0.39 is 7.26 Å². The van der Waals surface area contributed by atoms with E-state index in [1.807, 2.05) is 0 Å². The van der Waals surface area contributed by atoms with Crippen molar-refractivity contribution in [1.82, 2.24) is 0 Å². The Kier molecular flexibility index (Phi) is 10.7. The maximum Gasteiger partial charge on any atom is 0.306 e. The zero-order valence-corrected chi connectivity index (χ0v) is 35.5. The van der Waals surface area contributed by atoms with Gasteiger partial charge in [-0.2, -0.15) is 0 Å². The molecule has 0 aromatic heterocycles. The molecule has 2 aromatic rings. The fraction of sp³-hybridized carbons (Fsp3) is 0.700. The van der Waals surface area contributed by atoms with Gasteiger partial charge < -0.3 is 14.2 Å². The average Bonchev–Trinajstić information content (AvgIpc) is 3.66. The Bertz CT molecular complexity index is 1640. The van der Waals surface area contributed by atoms with Crippen molar-refractivity contribution in [3.8, 4) is 0 Å². The lowest BCUT2D eigenvalue weighted by Gasteiger charge is -2.58. The third-order valence-electron chi connectivity index (χ3n) is 17.4. The normalized spacial score (nSPS) is 40.1. The minimum absolute atomic E-state index is 0.0261. The van der Waals surface area contributed by atoms with Crippen LogP contribution in [0.25, 0.3) is 0 Å². The number of unbranched alkanes of at least 4 members (excludes halogenated alkanes) is 1. The van der Waals surface area contributed by atoms with Gasteiger partial charge in [-0.15, -0.1) is 0 Å². The summed E-state index contributed by atoms with van der Waals surface area (Å²) in [5, 5.41) is 3.12. The molecule has 2 aromatic carbocycles. The van der Waals surface area contributed by atoms with Crippen LogP contribution in [0.1, 0.15) is 137 Å². The molecule has 4 nitrogen and oxygen atoms in total. The van der Waals surface area contributed by atoms with Crippen molar-refractivity contribution in [2.24, 2.45) is 46.3 Å². The first kappa shape index (κ1) is 38.5. The molecule has 298 valence electrons. The van der Waals surface area contributed by atoms with Gasteiger partial charge in [-0.05, 0) is 148 Å². The Balaban J connectivity index is 0.821. The molecule has 5 heteroatoms. The second kappa shape index (κ2) is 15.3. The van der Waals surface area contributed by atoms with Crippen LogP contribution in [0, 0.1) is 46.3 Å². The Labute approximate surface area is 333 Å². The minimum Gasteiger partial charge on any atom is -0.462 e. The van der Waals surface area contributed by atoms with Gasteiger partial charge in [0.1, 0.15) is 6.10 Å². The highest BCUT2D eigenvalue weighted by atomic mass is 31.2. The van der Waals surface area contributed by atoms with Gasteiger partial charge in [0.15, 0.2) is 5.79 Å². The number of hydrogen-bond acceptors (Lipinski definition) is 4. The monoisotopic (exact) mass is 766 g/mol. The number of carbonyl (C=O) groups excluding carboxylic acids is 1. The highest BCUT2D eigenvalue weighted by Gasteiger charge is 2.68. The SMILES string of the molecule is C[C@@H]1CC[C@@]2(OC1)O[C@H]1C[C@H]3[C@@H]4CC=C5C[C@@H](OC(=O)CCCC[P+](c6ccccc6)(c6ccccc6)C6CCCCC6)CC[C@]5(C)[C@H]4CC[C@]3(C)[C@H]1[C@@H]2C. The van der Waals surface area contributed by atoms with Crippen LogP contribution in [-0.2, 0) is 19.0 Å². The van der Waals surface area contributed by atoms with E-state index in [-0.39, 0.29) is 23.3 Å². The highest BCUT2D eigenvalue weighted by molar-refractivity contribution is 7.90. The molecule has 5 aliphatic carbocycles. The first-order valence-electron chi connectivity index (χ1n) is 22.9. The molecule has 0 N–H and O–H groups in total. The van der Waals surface area contributed by atoms with Crippen molar-refractivity contribution in [2.45, 2.75) is 161 Å². The number of hydrogen-bond donors (Lipinski definition) is 0. The third kappa shape index (κ3) is 6.63. The van der Waals surface area contributed by atoms with Gasteiger partial charge in [-0.25, -0.2) is 0 Å². The van der Waals surface area contributed by atoms with Gasteiger partial charge in [0.05, 0.1) is 42.4 Å². The van der Waals surface area contributed by atoms with Crippen molar-refractivity contribution >= 4 is 23.8 Å². The number of benzene rings is 2. The summed E-state index contributed by atoms with van der Waals surface area (Å²) >= 11 is 0. The van der Waals surface area contributed by atoms with Crippen molar-refractivity contribution in [3.63, 3.8) is 0 Å². The molecule has 6 fully saturated rings. The third-order valence-corrected chi connectivity index (χ3v) is 22.6. The lowest BCUT2D eigenvalue weighted by Crippen LogP contribution is -2.52. The van der Waals surface area contributed by atoms with Crippen molar-refractivity contribution in [3.05, 3.63) is 72.3 Å². The van der Waals surface area contributed by atoms with Gasteiger partial charge in [0.25, 0.3) is 0 Å². The molecule has 7 aliphatic rings. The number of fused-ring (bicyclic) bond motifs is 7. The van der Waals surface area contributed by atoms with Gasteiger partial charge in [-0.1, -0.05) is 82.2 Å². The first-order chi connectivity index (χ1) is 26.7. The van der Waals surface area contributed by atoms with Gasteiger partial charge >= 0.3 is 5.97 Å². The van der Waals surface area contributed by atoms with E-state index in [9.17, 15) is 4.79 Å². The molecule has 2 heterocycles. The van der Waals surface area contributed by atoms with E-state index in [0.717, 1.165) is 68.5 Å². The van der Waals surface area contributed by atoms with Crippen LogP contribution in [0.2, 0.25) is 0 Å². The molecule has 2 saturated heterocycles. The summed E-state index contributed by atoms with van der Waals surface area (Å²) in [7, 11) is -1.61. The van der Waals surface area contributed by atoms with Crippen molar-refractivity contribution in [2.75, 3.05) is 12.8 Å². The zero-order chi connectivity index (χ0) is 37.8. The van der Waals surface area contributed by atoms with Gasteiger partial charge in [-0.3, -0.25) is 4.79 Å². The average molecular weight is 766 g/mol. The molecule has 0 bridgehead atoms. The van der Waals surface area contributed by atoms with Crippen LogP contribution in [0.3, 0.4) is 0 Å². The largest absolute Gasteiger partial charge is 0.462 e. The van der Waals surface area contributed by atoms with Crippen LogP contribution in [0.15, 0.2) is 72.3 Å². The molecule has 0 amide bonds. The topological polar surface area (TPSA) is 44.8 Å². The van der Waals surface area contributed by atoms with E-state index in [0.29, 0.717) is 35.7 Å². The number of esters is 1. The Morgan fingerprint density at radius 3 is 2.25 bits per heavy atom. The molecule has 0 radical (unpaired) electrons. The van der Waals surface area contributed by atoms with Crippen molar-refractivity contribution < 1.29 is 19.0 Å². The predicted molar refractivity (Wildman–Crippen MR) is 226 cm³/mol. The molecule has 0 unspecified atom stereocenters. The number of rotatable bonds is 9. The van der Waals surface area contributed by atoms with Crippen LogP contribution in [0.4, 0.5) is 0 Å². The fourth-order valence-electron chi connectivity index (χ4n) is 14.5. The Morgan fingerprint density at radius 1 is 0.836 bits per heavy atom. The quantitative estimate of drug-likeness (QED) is 0.110. The summed E-state index contributed by atoms with van der Waals surface area (Å²) in [6.07, 6.45) is 23.9. The van der Waals surface area contributed by atoms with Crippen LogP contribution < -0.4 is 10.6 Å². The van der Waals surface area contributed by atoms with Crippen LogP contribution in [-0.4, -0.2) is 42.4 Å². The van der Waals surface area contributed by atoms with E-state index in [2.05, 4.69) is 94.4 Å². The Hall–Kier alpha value is -2.00. The molecule has 55 heavy (non-hydrogen) atoms. The molecule has 4 saturated carbocycles. The molecule has 1 spiro atoms. The summed E-state index contributed by atoms with van der Waals surface area (Å²) in [5.74, 6) is 3.63. The maximum absolute atomic E-state index is 13.5. The summed E-state index contributed by atoms with van der Waals surface area (Å²) in [4.78, 5) is 13.5. The van der Waals surface area contributed by atoms with Gasteiger partial charge in [0.2, 0.25) is 0 Å². The summed E-state index contributed by atoms with van der Waals surface area (Å²) in [6, 6.07) is 22.9. The lowest BCUT2D eigenvalue weighted by molar-refractivity contribution is -0.272. The fourth-order valence-corrected chi connectivity index (χ4v) is 19.9. The van der Waals surface area contributed by atoms with Gasteiger partial charge in [0, 0.05) is 25.2 Å². The smallest absolute Gasteiger partial charge is 0.306 e. The summed E-state index contributed by atoms with van der Waals surface area (Å²) in [5.41, 5.74) is 2.92. The number of allylic oxidation sites excluding steroid dienone is 1. The first-order valence-corrected chi connectivity index (χ1v) is 24.9. The predicted octanol–water partition coefficient (Wildman–Crippen LogP) is 11.4. The molecule has 9 rings (SSSR count). The van der Waals surface area contributed by atoms with E-state index in [1.165, 1.54) is 70.4 Å². The van der Waals surface area contributed by atoms with E-state index in [1.54, 1.807) is 16.2 Å². The molecule has 2 aliphatic heterocycles. The second-order valence-electron chi connectivity index (χ2n) is 20.1. The molecule has 11 atom stereocenters. The minimum atomic E-state index is -1.61. The highest BCUT2D eigenvalue weighted by Crippen LogP contribution is 2.71. The molecular weight excluding hydrogens is 696 g/mol. The number of carbonyl (C=O) groups is 1. The summed E-state index contributed by atoms with van der Waals surface area (Å²) < 4.78 is 20.0. The maximum atomic E-state index is 13.5. The Morgan fingerprint density at radius 2 is 1.56 bits per heavy atom.